The number of nitrogens with zero attached hydrogens (tertiary/aromatic N) is 3. The van der Waals surface area contributed by atoms with Crippen LogP contribution in [0.5, 0.6) is 0 Å². The van der Waals surface area contributed by atoms with Crippen LogP contribution in [0.4, 0.5) is 28.7 Å². The molecule has 7 nitrogen and oxygen atoms in total. The second-order valence-corrected chi connectivity index (χ2v) is 5.88. The van der Waals surface area contributed by atoms with Crippen molar-refractivity contribution in [2.24, 2.45) is 0 Å². The van der Waals surface area contributed by atoms with Gasteiger partial charge >= 0.3 is 5.69 Å². The van der Waals surface area contributed by atoms with E-state index in [1.54, 1.807) is 24.3 Å². The second kappa shape index (κ2) is 7.79. The number of nitrogens with one attached hydrogen (secondary N) is 2. The number of halogens is 1. The molecule has 0 bridgehead atoms. The molecule has 1 heterocycles. The Hall–Kier alpha value is -3.19. The van der Waals surface area contributed by atoms with Crippen LogP contribution in [-0.2, 0) is 6.42 Å². The number of anilines is 4. The Bertz CT molecular complexity index is 931. The van der Waals surface area contributed by atoms with Crippen LogP contribution in [0.3, 0.4) is 0 Å². The molecule has 2 N–H and O–H groups in total. The molecule has 0 saturated carbocycles. The van der Waals surface area contributed by atoms with Gasteiger partial charge in [-0.25, -0.2) is 9.97 Å². The first-order chi connectivity index (χ1) is 12.6. The molecule has 0 unspecified atom stereocenters. The van der Waals surface area contributed by atoms with Crippen molar-refractivity contribution in [2.75, 3.05) is 10.6 Å². The van der Waals surface area contributed by atoms with Gasteiger partial charge in [-0.2, -0.15) is 0 Å². The zero-order valence-electron chi connectivity index (χ0n) is 13.9. The lowest BCUT2D eigenvalue weighted by Crippen LogP contribution is -2.06. The molecule has 26 heavy (non-hydrogen) atoms. The lowest BCUT2D eigenvalue weighted by Gasteiger charge is -2.12. The third-order valence-electron chi connectivity index (χ3n) is 3.76. The highest BCUT2D eigenvalue weighted by molar-refractivity contribution is 6.30. The molecule has 0 fully saturated rings. The van der Waals surface area contributed by atoms with E-state index in [-0.39, 0.29) is 17.3 Å². The Labute approximate surface area is 155 Å². The van der Waals surface area contributed by atoms with Gasteiger partial charge in [-0.1, -0.05) is 36.7 Å². The van der Waals surface area contributed by atoms with Gasteiger partial charge in [-0.05, 0) is 42.3 Å². The van der Waals surface area contributed by atoms with Crippen molar-refractivity contribution in [2.45, 2.75) is 13.3 Å². The minimum absolute atomic E-state index is 0.101. The molecule has 0 aliphatic heterocycles. The first-order valence-corrected chi connectivity index (χ1v) is 8.33. The van der Waals surface area contributed by atoms with E-state index in [2.05, 4.69) is 20.6 Å². The Kier molecular flexibility index (Phi) is 5.28. The van der Waals surface area contributed by atoms with Crippen LogP contribution >= 0.6 is 11.6 Å². The maximum absolute atomic E-state index is 11.7. The number of rotatable bonds is 6. The van der Waals surface area contributed by atoms with Gasteiger partial charge in [0.05, 0.1) is 4.92 Å². The normalized spacial score (nSPS) is 10.4. The predicted molar refractivity (Wildman–Crippen MR) is 103 cm³/mol. The monoisotopic (exact) mass is 369 g/mol. The largest absolute Gasteiger partial charge is 0.353 e. The maximum Gasteiger partial charge on any atom is 0.353 e. The number of hydrogen-bond donors (Lipinski definition) is 2. The zero-order valence-corrected chi connectivity index (χ0v) is 14.7. The average molecular weight is 370 g/mol. The molecule has 1 aromatic heterocycles. The number of benzene rings is 2. The van der Waals surface area contributed by atoms with Gasteiger partial charge < -0.3 is 10.6 Å². The lowest BCUT2D eigenvalue weighted by molar-refractivity contribution is -0.383. The van der Waals surface area contributed by atoms with Crippen molar-refractivity contribution in [3.05, 3.63) is 75.6 Å². The summed E-state index contributed by atoms with van der Waals surface area (Å²) >= 11 is 5.87. The standard InChI is InChI=1S/C18H16ClN5O2/c1-2-12-5-3-4-6-15(12)23-18-16(24(25)26)17(20-11-21-18)22-14-9-7-13(19)8-10-14/h3-11H,2H2,1H3,(H2,20,21,22,23). The van der Waals surface area contributed by atoms with E-state index in [1.165, 1.54) is 6.33 Å². The Morgan fingerprint density at radius 2 is 1.69 bits per heavy atom. The summed E-state index contributed by atoms with van der Waals surface area (Å²) in [5, 5.41) is 18.2. The van der Waals surface area contributed by atoms with Crippen molar-refractivity contribution in [1.29, 1.82) is 0 Å². The molecular weight excluding hydrogens is 354 g/mol. The second-order valence-electron chi connectivity index (χ2n) is 5.44. The highest BCUT2D eigenvalue weighted by Gasteiger charge is 2.23. The van der Waals surface area contributed by atoms with Crippen molar-refractivity contribution >= 4 is 40.3 Å². The molecule has 3 aromatic rings. The van der Waals surface area contributed by atoms with Crippen LogP contribution in [0.2, 0.25) is 5.02 Å². The fourth-order valence-corrected chi connectivity index (χ4v) is 2.61. The van der Waals surface area contributed by atoms with Gasteiger partial charge in [0.1, 0.15) is 6.33 Å². The molecule has 0 saturated heterocycles. The highest BCUT2D eigenvalue weighted by atomic mass is 35.5. The average Bonchev–Trinajstić information content (AvgIpc) is 2.64. The van der Waals surface area contributed by atoms with E-state index in [0.29, 0.717) is 10.7 Å². The maximum atomic E-state index is 11.7. The van der Waals surface area contributed by atoms with Crippen molar-refractivity contribution in [3.63, 3.8) is 0 Å². The van der Waals surface area contributed by atoms with Crippen LogP contribution in [0.15, 0.2) is 54.9 Å². The molecule has 2 aromatic carbocycles. The van der Waals surface area contributed by atoms with Crippen LogP contribution in [0, 0.1) is 10.1 Å². The summed E-state index contributed by atoms with van der Waals surface area (Å²) in [6.07, 6.45) is 2.07. The quantitative estimate of drug-likeness (QED) is 0.464. The van der Waals surface area contributed by atoms with Crippen LogP contribution in [-0.4, -0.2) is 14.9 Å². The number of nitro groups is 1. The van der Waals surface area contributed by atoms with E-state index in [9.17, 15) is 10.1 Å². The van der Waals surface area contributed by atoms with E-state index >= 15 is 0 Å². The number of aromatic nitrogens is 2. The van der Waals surface area contributed by atoms with Gasteiger partial charge in [0.2, 0.25) is 11.6 Å². The highest BCUT2D eigenvalue weighted by Crippen LogP contribution is 2.33. The van der Waals surface area contributed by atoms with Crippen LogP contribution in [0.1, 0.15) is 12.5 Å². The molecule has 0 aliphatic rings. The number of hydrogen-bond acceptors (Lipinski definition) is 6. The van der Waals surface area contributed by atoms with E-state index in [4.69, 9.17) is 11.6 Å². The molecule has 0 radical (unpaired) electrons. The van der Waals surface area contributed by atoms with Crippen molar-refractivity contribution in [1.82, 2.24) is 9.97 Å². The number of aryl methyl sites for hydroxylation is 1. The number of para-hydroxylation sites is 1. The molecule has 0 aliphatic carbocycles. The van der Waals surface area contributed by atoms with Crippen molar-refractivity contribution < 1.29 is 4.92 Å². The van der Waals surface area contributed by atoms with Gasteiger partial charge in [0.15, 0.2) is 0 Å². The smallest absolute Gasteiger partial charge is 0.334 e. The molecule has 0 atom stereocenters. The third-order valence-corrected chi connectivity index (χ3v) is 4.02. The third kappa shape index (κ3) is 3.89. The SMILES string of the molecule is CCc1ccccc1Nc1ncnc(Nc2ccc(Cl)cc2)c1[N+](=O)[O-]. The first-order valence-electron chi connectivity index (χ1n) is 7.95. The fraction of sp³-hybridized carbons (Fsp3) is 0.111. The minimum atomic E-state index is -0.505. The fourth-order valence-electron chi connectivity index (χ4n) is 2.48. The Balaban J connectivity index is 1.98. The Morgan fingerprint density at radius 3 is 2.35 bits per heavy atom. The summed E-state index contributed by atoms with van der Waals surface area (Å²) in [6, 6.07) is 14.4. The van der Waals surface area contributed by atoms with E-state index in [1.807, 2.05) is 31.2 Å². The van der Waals surface area contributed by atoms with Gasteiger partial charge in [0.25, 0.3) is 0 Å². The zero-order chi connectivity index (χ0) is 18.5. The summed E-state index contributed by atoms with van der Waals surface area (Å²) in [5.74, 6) is 0.228. The topological polar surface area (TPSA) is 93.0 Å². The summed E-state index contributed by atoms with van der Waals surface area (Å²) in [7, 11) is 0. The Morgan fingerprint density at radius 1 is 1.04 bits per heavy atom. The van der Waals surface area contributed by atoms with Gasteiger partial charge in [0, 0.05) is 16.4 Å². The summed E-state index contributed by atoms with van der Waals surface area (Å²) in [6.45, 7) is 2.02. The van der Waals surface area contributed by atoms with Crippen molar-refractivity contribution in [3.8, 4) is 0 Å². The molecule has 8 heteroatoms. The summed E-state index contributed by atoms with van der Waals surface area (Å²) in [5.41, 5.74) is 2.21. The predicted octanol–water partition coefficient (Wildman–Crippen LogP) is 5.09. The summed E-state index contributed by atoms with van der Waals surface area (Å²) in [4.78, 5) is 19.2. The molecule has 0 spiro atoms. The van der Waals surface area contributed by atoms with Gasteiger partial charge in [-0.3, -0.25) is 10.1 Å². The minimum Gasteiger partial charge on any atom is -0.334 e. The van der Waals surface area contributed by atoms with Gasteiger partial charge in [-0.15, -0.1) is 0 Å². The van der Waals surface area contributed by atoms with E-state index < -0.39 is 4.92 Å². The lowest BCUT2D eigenvalue weighted by atomic mass is 10.1. The molecular formula is C18H16ClN5O2. The van der Waals surface area contributed by atoms with E-state index in [0.717, 1.165) is 17.7 Å². The van der Waals surface area contributed by atoms with Crippen LogP contribution < -0.4 is 10.6 Å². The molecule has 0 amide bonds. The van der Waals surface area contributed by atoms with Crippen LogP contribution in [0.25, 0.3) is 0 Å². The summed E-state index contributed by atoms with van der Waals surface area (Å²) < 4.78 is 0. The molecule has 132 valence electrons. The first kappa shape index (κ1) is 17.6. The molecule has 3 rings (SSSR count).